The lowest BCUT2D eigenvalue weighted by Gasteiger charge is -2.32. The summed E-state index contributed by atoms with van der Waals surface area (Å²) in [5.41, 5.74) is 3.45. The van der Waals surface area contributed by atoms with Gasteiger partial charge in [-0.3, -0.25) is 9.59 Å². The van der Waals surface area contributed by atoms with Gasteiger partial charge in [-0.1, -0.05) is 24.3 Å². The first-order chi connectivity index (χ1) is 14.7. The lowest BCUT2D eigenvalue weighted by Crippen LogP contribution is -2.42. The predicted molar refractivity (Wildman–Crippen MR) is 110 cm³/mol. The summed E-state index contributed by atoms with van der Waals surface area (Å²) in [6, 6.07) is 8.28. The number of Topliss-reactive ketones (excluding diaryl/α,β-unsaturated/α-hetero) is 1. The zero-order valence-corrected chi connectivity index (χ0v) is 17.0. The summed E-state index contributed by atoms with van der Waals surface area (Å²) in [4.78, 5) is 31.6. The number of hydrogen-bond donors (Lipinski definition) is 0. The molecule has 0 N–H and O–H groups in total. The fourth-order valence-corrected chi connectivity index (χ4v) is 4.87. The molecule has 0 aliphatic carbocycles. The topological polar surface area (TPSA) is 73.7 Å². The van der Waals surface area contributed by atoms with E-state index in [1.165, 1.54) is 11.1 Å². The molecule has 1 amide bonds. The molecule has 2 unspecified atom stereocenters. The van der Waals surface area contributed by atoms with Crippen LogP contribution in [-0.2, 0) is 19.1 Å². The van der Waals surface area contributed by atoms with E-state index in [1.54, 1.807) is 0 Å². The van der Waals surface area contributed by atoms with Crippen molar-refractivity contribution < 1.29 is 19.1 Å². The molecule has 0 spiro atoms. The van der Waals surface area contributed by atoms with Gasteiger partial charge in [0.2, 0.25) is 5.91 Å². The number of carbonyl (C=O) groups is 2. The Kier molecular flexibility index (Phi) is 5.39. The van der Waals surface area contributed by atoms with Crippen LogP contribution in [-0.4, -0.2) is 65.2 Å². The number of likely N-dealkylation sites (tertiary alicyclic amines) is 1. The first-order valence-electron chi connectivity index (χ1n) is 10.8. The quantitative estimate of drug-likeness (QED) is 0.733. The maximum Gasteiger partial charge on any atom is 0.248 e. The first kappa shape index (κ1) is 19.5. The molecule has 2 fully saturated rings. The van der Waals surface area contributed by atoms with Crippen molar-refractivity contribution in [1.82, 2.24) is 14.5 Å². The fraction of sp³-hybridized carbons (Fsp3) is 0.522. The maximum absolute atomic E-state index is 13.1. The zero-order valence-electron chi connectivity index (χ0n) is 17.0. The zero-order chi connectivity index (χ0) is 20.5. The number of amides is 1. The molecule has 0 bridgehead atoms. The molecule has 3 aliphatic rings. The molecule has 7 nitrogen and oxygen atoms in total. The molecule has 4 heterocycles. The number of aromatic nitrogens is 2. The Morgan fingerprint density at radius 1 is 1.17 bits per heavy atom. The van der Waals surface area contributed by atoms with Gasteiger partial charge in [0.1, 0.15) is 12.4 Å². The Labute approximate surface area is 176 Å². The van der Waals surface area contributed by atoms with Gasteiger partial charge in [-0.05, 0) is 24.8 Å². The second kappa shape index (κ2) is 8.32. The van der Waals surface area contributed by atoms with Gasteiger partial charge in [0.15, 0.2) is 0 Å². The van der Waals surface area contributed by atoms with Crippen molar-refractivity contribution in [1.29, 1.82) is 0 Å². The van der Waals surface area contributed by atoms with Gasteiger partial charge in [-0.25, -0.2) is 4.98 Å². The third-order valence-electron chi connectivity index (χ3n) is 6.63. The highest BCUT2D eigenvalue weighted by Crippen LogP contribution is 2.41. The second-order valence-corrected chi connectivity index (χ2v) is 8.41. The fourth-order valence-electron chi connectivity index (χ4n) is 4.87. The van der Waals surface area contributed by atoms with Crippen LogP contribution in [0.1, 0.15) is 37.3 Å². The number of hydrogen-bond acceptors (Lipinski definition) is 5. The van der Waals surface area contributed by atoms with Crippen LogP contribution in [0.15, 0.2) is 36.8 Å². The van der Waals surface area contributed by atoms with Crippen LogP contribution in [0.4, 0.5) is 0 Å². The monoisotopic (exact) mass is 409 g/mol. The number of ether oxygens (including phenoxy) is 2. The van der Waals surface area contributed by atoms with Gasteiger partial charge in [0.25, 0.3) is 0 Å². The number of carbonyl (C=O) groups excluding carboxylic acids is 2. The van der Waals surface area contributed by atoms with Crippen LogP contribution in [0.5, 0.6) is 0 Å². The summed E-state index contributed by atoms with van der Waals surface area (Å²) in [6.45, 7) is 2.63. The Balaban J connectivity index is 1.15. The second-order valence-electron chi connectivity index (χ2n) is 8.41. The first-order valence-corrected chi connectivity index (χ1v) is 10.8. The Morgan fingerprint density at radius 2 is 2.00 bits per heavy atom. The van der Waals surface area contributed by atoms with Crippen LogP contribution < -0.4 is 0 Å². The number of benzene rings is 1. The number of nitrogens with zero attached hydrogens (tertiary/aromatic N) is 3. The smallest absolute Gasteiger partial charge is 0.248 e. The molecule has 2 aromatic rings. The Morgan fingerprint density at radius 3 is 2.80 bits per heavy atom. The lowest BCUT2D eigenvalue weighted by molar-refractivity contribution is -0.141. The molecule has 7 heteroatoms. The molecular weight excluding hydrogens is 382 g/mol. The van der Waals surface area contributed by atoms with Gasteiger partial charge in [0.05, 0.1) is 37.0 Å². The molecule has 2 atom stereocenters. The molecule has 2 saturated heterocycles. The molecule has 0 radical (unpaired) electrons. The minimum atomic E-state index is 0.0120. The van der Waals surface area contributed by atoms with Crippen molar-refractivity contribution in [3.05, 3.63) is 42.4 Å². The average Bonchev–Trinajstić information content (AvgIpc) is 3.52. The van der Waals surface area contributed by atoms with E-state index in [9.17, 15) is 9.59 Å². The van der Waals surface area contributed by atoms with Gasteiger partial charge < -0.3 is 18.9 Å². The maximum atomic E-state index is 13.1. The van der Waals surface area contributed by atoms with Crippen LogP contribution in [0.3, 0.4) is 0 Å². The molecule has 5 rings (SSSR count). The molecule has 158 valence electrons. The van der Waals surface area contributed by atoms with Gasteiger partial charge in [-0.15, -0.1) is 0 Å². The van der Waals surface area contributed by atoms with Crippen molar-refractivity contribution in [2.45, 2.75) is 37.8 Å². The largest absolute Gasteiger partial charge is 0.379 e. The summed E-state index contributed by atoms with van der Waals surface area (Å²) >= 11 is 0. The number of ketones is 1. The van der Waals surface area contributed by atoms with E-state index in [2.05, 4.69) is 21.7 Å². The van der Waals surface area contributed by atoms with Crippen molar-refractivity contribution in [3.8, 4) is 11.3 Å². The van der Waals surface area contributed by atoms with Crippen molar-refractivity contribution >= 4 is 11.7 Å². The molecule has 0 saturated carbocycles. The minimum Gasteiger partial charge on any atom is -0.379 e. The van der Waals surface area contributed by atoms with Crippen molar-refractivity contribution in [2.75, 3.05) is 32.9 Å². The summed E-state index contributed by atoms with van der Waals surface area (Å²) in [7, 11) is 0. The van der Waals surface area contributed by atoms with E-state index in [4.69, 9.17) is 9.47 Å². The standard InChI is InChI=1S/C23H27N3O4/c27-22(11-20-18-3-1-2-4-19(18)21-12-24-15-26(20)21)16-5-8-25(9-6-16)23(28)14-30-17-7-10-29-13-17/h1-4,12,15-17,20H,5-11,13-14H2. The van der Waals surface area contributed by atoms with Gasteiger partial charge in [0, 0.05) is 37.6 Å². The Bertz CT molecular complexity index is 926. The Hall–Kier alpha value is -2.51. The van der Waals surface area contributed by atoms with E-state index < -0.39 is 0 Å². The van der Waals surface area contributed by atoms with Crippen LogP contribution in [0.2, 0.25) is 0 Å². The van der Waals surface area contributed by atoms with E-state index >= 15 is 0 Å². The summed E-state index contributed by atoms with van der Waals surface area (Å²) in [6.07, 6.45) is 6.51. The molecule has 3 aliphatic heterocycles. The van der Waals surface area contributed by atoms with Crippen LogP contribution in [0.25, 0.3) is 11.3 Å². The highest BCUT2D eigenvalue weighted by Gasteiger charge is 2.33. The third-order valence-corrected chi connectivity index (χ3v) is 6.63. The lowest BCUT2D eigenvalue weighted by atomic mass is 9.87. The number of fused-ring (bicyclic) bond motifs is 3. The minimum absolute atomic E-state index is 0.0120. The van der Waals surface area contributed by atoms with Crippen molar-refractivity contribution in [2.24, 2.45) is 5.92 Å². The average molecular weight is 409 g/mol. The number of rotatable bonds is 6. The third kappa shape index (κ3) is 3.68. The normalized spacial score (nSPS) is 23.4. The summed E-state index contributed by atoms with van der Waals surface area (Å²) in [5.74, 6) is 0.307. The highest BCUT2D eigenvalue weighted by molar-refractivity contribution is 5.84. The molecular formula is C23H27N3O4. The molecule has 1 aromatic carbocycles. The highest BCUT2D eigenvalue weighted by atomic mass is 16.5. The molecule has 30 heavy (non-hydrogen) atoms. The summed E-state index contributed by atoms with van der Waals surface area (Å²) < 4.78 is 13.0. The van der Waals surface area contributed by atoms with Crippen molar-refractivity contribution in [3.63, 3.8) is 0 Å². The van der Waals surface area contributed by atoms with E-state index in [-0.39, 0.29) is 36.4 Å². The number of piperidine rings is 1. The van der Waals surface area contributed by atoms with Gasteiger partial charge in [-0.2, -0.15) is 0 Å². The summed E-state index contributed by atoms with van der Waals surface area (Å²) in [5, 5.41) is 0. The van der Waals surface area contributed by atoms with E-state index in [0.717, 1.165) is 25.0 Å². The number of imidazole rings is 1. The van der Waals surface area contributed by atoms with E-state index in [0.29, 0.717) is 32.7 Å². The molecule has 1 aromatic heterocycles. The van der Waals surface area contributed by atoms with Crippen LogP contribution in [0, 0.1) is 5.92 Å². The van der Waals surface area contributed by atoms with Crippen LogP contribution >= 0.6 is 0 Å². The van der Waals surface area contributed by atoms with E-state index in [1.807, 2.05) is 29.6 Å². The SMILES string of the molecule is O=C(CC1c2ccccc2-c2cncn21)C1CCN(C(=O)COC2CCOC2)CC1. The van der Waals surface area contributed by atoms with Gasteiger partial charge >= 0.3 is 0 Å². The predicted octanol–water partition coefficient (Wildman–Crippen LogP) is 2.46.